The third-order valence-electron chi connectivity index (χ3n) is 4.28. The first-order chi connectivity index (χ1) is 13.8. The Morgan fingerprint density at radius 3 is 2.34 bits per heavy atom. The average molecular weight is 405 g/mol. The standard InChI is InChI=1S/C22H19N3O3S/c1-15-6-7-16(2)21(12-15)29(27,28)25-19-10-8-18(9-11-19)22(26)24-20-5-3-4-17(13-20)14-23/h3-13,25H,1-2H3,(H,24,26). The normalized spacial score (nSPS) is 10.8. The molecule has 0 atom stereocenters. The predicted molar refractivity (Wildman–Crippen MR) is 112 cm³/mol. The number of anilines is 2. The van der Waals surface area contributed by atoms with E-state index in [-0.39, 0.29) is 10.8 Å². The minimum Gasteiger partial charge on any atom is -0.322 e. The molecule has 0 unspecified atom stereocenters. The lowest BCUT2D eigenvalue weighted by molar-refractivity contribution is 0.102. The summed E-state index contributed by atoms with van der Waals surface area (Å²) >= 11 is 0. The molecule has 3 aromatic rings. The van der Waals surface area contributed by atoms with Crippen LogP contribution in [0.3, 0.4) is 0 Å². The summed E-state index contributed by atoms with van der Waals surface area (Å²) in [6.07, 6.45) is 0. The molecular formula is C22H19N3O3S. The van der Waals surface area contributed by atoms with Crippen molar-refractivity contribution in [3.05, 3.63) is 89.0 Å². The quantitative estimate of drug-likeness (QED) is 0.663. The first kappa shape index (κ1) is 20.1. The van der Waals surface area contributed by atoms with Crippen molar-refractivity contribution in [2.45, 2.75) is 18.7 Å². The summed E-state index contributed by atoms with van der Waals surface area (Å²) in [6.45, 7) is 3.57. The number of hydrogen-bond acceptors (Lipinski definition) is 4. The molecule has 0 saturated heterocycles. The maximum atomic E-state index is 12.7. The van der Waals surface area contributed by atoms with Crippen LogP contribution in [0.2, 0.25) is 0 Å². The van der Waals surface area contributed by atoms with Crippen LogP contribution in [0, 0.1) is 25.2 Å². The smallest absolute Gasteiger partial charge is 0.262 e. The van der Waals surface area contributed by atoms with Gasteiger partial charge >= 0.3 is 0 Å². The van der Waals surface area contributed by atoms with E-state index in [2.05, 4.69) is 10.0 Å². The Labute approximate surface area is 169 Å². The van der Waals surface area contributed by atoms with Crippen LogP contribution >= 0.6 is 0 Å². The lowest BCUT2D eigenvalue weighted by Gasteiger charge is -2.12. The second-order valence-electron chi connectivity index (χ2n) is 6.60. The van der Waals surface area contributed by atoms with Gasteiger partial charge in [0.05, 0.1) is 16.5 Å². The summed E-state index contributed by atoms with van der Waals surface area (Å²) in [5.74, 6) is -0.357. The van der Waals surface area contributed by atoms with Gasteiger partial charge in [-0.15, -0.1) is 0 Å². The Balaban J connectivity index is 1.75. The molecule has 146 valence electrons. The fraction of sp³-hybridized carbons (Fsp3) is 0.0909. The number of amides is 1. The molecule has 29 heavy (non-hydrogen) atoms. The zero-order chi connectivity index (χ0) is 21.0. The molecule has 2 N–H and O–H groups in total. The summed E-state index contributed by atoms with van der Waals surface area (Å²) in [7, 11) is -3.74. The number of carbonyl (C=O) groups excluding carboxylic acids is 1. The van der Waals surface area contributed by atoms with Gasteiger partial charge in [0.25, 0.3) is 15.9 Å². The molecule has 0 saturated carbocycles. The van der Waals surface area contributed by atoms with E-state index in [9.17, 15) is 13.2 Å². The van der Waals surface area contributed by atoms with Gasteiger partial charge in [-0.05, 0) is 73.5 Å². The highest BCUT2D eigenvalue weighted by molar-refractivity contribution is 7.92. The molecule has 0 radical (unpaired) electrons. The molecule has 0 aromatic heterocycles. The van der Waals surface area contributed by atoms with Gasteiger partial charge in [-0.3, -0.25) is 9.52 Å². The largest absolute Gasteiger partial charge is 0.322 e. The lowest BCUT2D eigenvalue weighted by Crippen LogP contribution is -2.15. The van der Waals surface area contributed by atoms with Crippen LogP contribution in [0.5, 0.6) is 0 Å². The Hall–Kier alpha value is -3.63. The number of sulfonamides is 1. The minimum atomic E-state index is -3.74. The third kappa shape index (κ3) is 4.81. The number of benzene rings is 3. The fourth-order valence-corrected chi connectivity index (χ4v) is 4.16. The number of hydrogen-bond donors (Lipinski definition) is 2. The van der Waals surface area contributed by atoms with Gasteiger partial charge in [-0.25, -0.2) is 8.42 Å². The van der Waals surface area contributed by atoms with Crippen LogP contribution in [0.15, 0.2) is 71.6 Å². The Bertz CT molecular complexity index is 1210. The molecule has 0 aliphatic heterocycles. The number of aryl methyl sites for hydroxylation is 2. The van der Waals surface area contributed by atoms with Crippen molar-refractivity contribution in [3.8, 4) is 6.07 Å². The van der Waals surface area contributed by atoms with Crippen LogP contribution in [-0.2, 0) is 10.0 Å². The van der Waals surface area contributed by atoms with Crippen molar-refractivity contribution < 1.29 is 13.2 Å². The van der Waals surface area contributed by atoms with E-state index in [4.69, 9.17) is 5.26 Å². The summed E-state index contributed by atoms with van der Waals surface area (Å²) in [5, 5.41) is 11.6. The first-order valence-electron chi connectivity index (χ1n) is 8.80. The Morgan fingerprint density at radius 2 is 1.66 bits per heavy atom. The van der Waals surface area contributed by atoms with Crippen molar-refractivity contribution in [1.82, 2.24) is 0 Å². The molecule has 0 bridgehead atoms. The van der Waals surface area contributed by atoms with E-state index in [0.717, 1.165) is 5.56 Å². The molecule has 0 aliphatic rings. The minimum absolute atomic E-state index is 0.219. The van der Waals surface area contributed by atoms with Crippen molar-refractivity contribution >= 4 is 27.3 Å². The van der Waals surface area contributed by atoms with Crippen molar-refractivity contribution in [2.24, 2.45) is 0 Å². The van der Waals surface area contributed by atoms with E-state index < -0.39 is 10.0 Å². The highest BCUT2D eigenvalue weighted by atomic mass is 32.2. The van der Waals surface area contributed by atoms with Gasteiger partial charge in [-0.2, -0.15) is 5.26 Å². The first-order valence-corrected chi connectivity index (χ1v) is 10.3. The van der Waals surface area contributed by atoms with E-state index in [1.807, 2.05) is 19.1 Å². The Kier molecular flexibility index (Phi) is 5.66. The predicted octanol–water partition coefficient (Wildman–Crippen LogP) is 4.23. The highest BCUT2D eigenvalue weighted by Gasteiger charge is 2.17. The molecule has 0 heterocycles. The SMILES string of the molecule is Cc1ccc(C)c(S(=O)(=O)Nc2ccc(C(=O)Nc3cccc(C#N)c3)cc2)c1. The molecule has 0 spiro atoms. The molecule has 6 nitrogen and oxygen atoms in total. The maximum Gasteiger partial charge on any atom is 0.262 e. The zero-order valence-electron chi connectivity index (χ0n) is 15.9. The van der Waals surface area contributed by atoms with E-state index in [0.29, 0.717) is 28.1 Å². The van der Waals surface area contributed by atoms with E-state index in [1.165, 1.54) is 24.3 Å². The van der Waals surface area contributed by atoms with Gasteiger partial charge in [0, 0.05) is 16.9 Å². The summed E-state index contributed by atoms with van der Waals surface area (Å²) in [5.41, 5.74) is 3.17. The number of nitrogens with one attached hydrogen (secondary N) is 2. The topological polar surface area (TPSA) is 99.1 Å². The summed E-state index contributed by atoms with van der Waals surface area (Å²) < 4.78 is 27.9. The molecule has 3 rings (SSSR count). The molecule has 7 heteroatoms. The van der Waals surface area contributed by atoms with Gasteiger partial charge in [0.2, 0.25) is 0 Å². The molecule has 1 amide bonds. The van der Waals surface area contributed by atoms with E-state index >= 15 is 0 Å². The van der Waals surface area contributed by atoms with Crippen molar-refractivity contribution in [1.29, 1.82) is 5.26 Å². The number of rotatable bonds is 5. The fourth-order valence-electron chi connectivity index (χ4n) is 2.77. The summed E-state index contributed by atoms with van der Waals surface area (Å²) in [6, 6.07) is 20.0. The van der Waals surface area contributed by atoms with Crippen molar-refractivity contribution in [3.63, 3.8) is 0 Å². The van der Waals surface area contributed by atoms with Gasteiger partial charge in [0.15, 0.2) is 0 Å². The summed E-state index contributed by atoms with van der Waals surface area (Å²) in [4.78, 5) is 12.6. The van der Waals surface area contributed by atoms with Gasteiger partial charge in [0.1, 0.15) is 0 Å². The highest BCUT2D eigenvalue weighted by Crippen LogP contribution is 2.21. The average Bonchev–Trinajstić information content (AvgIpc) is 2.70. The maximum absolute atomic E-state index is 12.7. The van der Waals surface area contributed by atoms with Crippen LogP contribution in [0.4, 0.5) is 11.4 Å². The van der Waals surface area contributed by atoms with Crippen LogP contribution in [0.1, 0.15) is 27.0 Å². The van der Waals surface area contributed by atoms with Crippen molar-refractivity contribution in [2.75, 3.05) is 10.0 Å². The zero-order valence-corrected chi connectivity index (χ0v) is 16.7. The van der Waals surface area contributed by atoms with Gasteiger partial charge < -0.3 is 5.32 Å². The van der Waals surface area contributed by atoms with Crippen LogP contribution < -0.4 is 10.0 Å². The molecule has 0 fully saturated rings. The molecular weight excluding hydrogens is 386 g/mol. The van der Waals surface area contributed by atoms with Crippen LogP contribution in [-0.4, -0.2) is 14.3 Å². The monoisotopic (exact) mass is 405 g/mol. The van der Waals surface area contributed by atoms with Crippen LogP contribution in [0.25, 0.3) is 0 Å². The Morgan fingerprint density at radius 1 is 0.931 bits per heavy atom. The molecule has 0 aliphatic carbocycles. The molecule has 3 aromatic carbocycles. The second kappa shape index (κ2) is 8.17. The number of carbonyl (C=O) groups is 1. The lowest BCUT2D eigenvalue weighted by atomic mass is 10.1. The number of nitrogens with zero attached hydrogens (tertiary/aromatic N) is 1. The second-order valence-corrected chi connectivity index (χ2v) is 8.25. The van der Waals surface area contributed by atoms with E-state index in [1.54, 1.807) is 43.3 Å². The number of nitriles is 1. The third-order valence-corrected chi connectivity index (χ3v) is 5.81. The van der Waals surface area contributed by atoms with Gasteiger partial charge in [-0.1, -0.05) is 18.2 Å².